The fraction of sp³-hybridized carbons (Fsp3) is 0.217. The summed E-state index contributed by atoms with van der Waals surface area (Å²) in [7, 11) is -0.517. The molecule has 0 aliphatic rings. The normalized spacial score (nSPS) is 11.8. The second kappa shape index (κ2) is 8.25. The number of methoxy groups -OCH3 is 1. The standard InChI is InChI=1S/C23H23N3O5S/c1-14-20(12-24-25-14)15-4-6-17-18(10-15)21(13-26(2)23(17)28)19-11-16(5-7-22(19)31-3)32(29,30)9-8-27/h4-7,10-13,27H,8-9H2,1-3H3,(H,24,25). The van der Waals surface area contributed by atoms with Crippen LogP contribution in [0.2, 0.25) is 0 Å². The van der Waals surface area contributed by atoms with Gasteiger partial charge in [-0.3, -0.25) is 9.89 Å². The number of aromatic nitrogens is 3. The first-order valence-electron chi connectivity index (χ1n) is 9.92. The van der Waals surface area contributed by atoms with Crippen LogP contribution in [0, 0.1) is 6.92 Å². The minimum Gasteiger partial charge on any atom is -0.496 e. The number of aliphatic hydroxyl groups excluding tert-OH is 1. The Balaban J connectivity index is 2.05. The van der Waals surface area contributed by atoms with E-state index in [1.54, 1.807) is 31.6 Å². The molecule has 0 bridgehead atoms. The van der Waals surface area contributed by atoms with Crippen molar-refractivity contribution in [2.75, 3.05) is 19.5 Å². The molecule has 8 nitrogen and oxygen atoms in total. The number of hydrogen-bond donors (Lipinski definition) is 2. The van der Waals surface area contributed by atoms with Crippen molar-refractivity contribution in [2.45, 2.75) is 11.8 Å². The Hall–Kier alpha value is -3.43. The molecule has 166 valence electrons. The number of hydrogen-bond acceptors (Lipinski definition) is 6. The highest BCUT2D eigenvalue weighted by atomic mass is 32.2. The van der Waals surface area contributed by atoms with Crippen LogP contribution in [-0.4, -0.2) is 47.8 Å². The van der Waals surface area contributed by atoms with Crippen LogP contribution in [-0.2, 0) is 16.9 Å². The van der Waals surface area contributed by atoms with Crippen LogP contribution >= 0.6 is 0 Å². The Labute approximate surface area is 185 Å². The lowest BCUT2D eigenvalue weighted by Gasteiger charge is -2.15. The van der Waals surface area contributed by atoms with Gasteiger partial charge < -0.3 is 14.4 Å². The van der Waals surface area contributed by atoms with Gasteiger partial charge in [-0.15, -0.1) is 0 Å². The Morgan fingerprint density at radius 2 is 1.88 bits per heavy atom. The number of ether oxygens (including phenoxy) is 1. The quantitative estimate of drug-likeness (QED) is 0.464. The summed E-state index contributed by atoms with van der Waals surface area (Å²) in [4.78, 5) is 12.9. The molecule has 0 fully saturated rings. The van der Waals surface area contributed by atoms with Crippen LogP contribution in [0.25, 0.3) is 33.0 Å². The van der Waals surface area contributed by atoms with Crippen molar-refractivity contribution in [3.8, 4) is 28.0 Å². The zero-order valence-corrected chi connectivity index (χ0v) is 18.7. The highest BCUT2D eigenvalue weighted by Gasteiger charge is 2.20. The van der Waals surface area contributed by atoms with Crippen LogP contribution in [0.15, 0.2) is 58.5 Å². The van der Waals surface area contributed by atoms with Crippen molar-refractivity contribution in [1.29, 1.82) is 0 Å². The highest BCUT2D eigenvalue weighted by Crippen LogP contribution is 2.37. The number of sulfone groups is 1. The fourth-order valence-corrected chi connectivity index (χ4v) is 4.87. The molecule has 9 heteroatoms. The third kappa shape index (κ3) is 3.69. The van der Waals surface area contributed by atoms with E-state index < -0.39 is 16.4 Å². The lowest BCUT2D eigenvalue weighted by Crippen LogP contribution is -2.16. The summed E-state index contributed by atoms with van der Waals surface area (Å²) in [5.74, 6) is 0.0919. The summed E-state index contributed by atoms with van der Waals surface area (Å²) < 4.78 is 32.1. The van der Waals surface area contributed by atoms with Crippen molar-refractivity contribution in [3.63, 3.8) is 0 Å². The largest absolute Gasteiger partial charge is 0.496 e. The maximum Gasteiger partial charge on any atom is 0.258 e. The average Bonchev–Trinajstić information content (AvgIpc) is 3.21. The molecule has 32 heavy (non-hydrogen) atoms. The van der Waals surface area contributed by atoms with Gasteiger partial charge in [-0.05, 0) is 48.2 Å². The Morgan fingerprint density at radius 1 is 1.09 bits per heavy atom. The number of aliphatic hydroxyl groups is 1. The Morgan fingerprint density at radius 3 is 2.53 bits per heavy atom. The van der Waals surface area contributed by atoms with Gasteiger partial charge in [0, 0.05) is 41.0 Å². The minimum atomic E-state index is -3.67. The molecular formula is C23H23N3O5S. The van der Waals surface area contributed by atoms with Crippen LogP contribution in [0.4, 0.5) is 0 Å². The summed E-state index contributed by atoms with van der Waals surface area (Å²) in [6.07, 6.45) is 3.40. The number of pyridine rings is 1. The molecule has 0 aliphatic carbocycles. The zero-order valence-electron chi connectivity index (χ0n) is 17.9. The predicted octanol–water partition coefficient (Wildman–Crippen LogP) is 2.68. The summed E-state index contributed by atoms with van der Waals surface area (Å²) in [6.45, 7) is 1.44. The van der Waals surface area contributed by atoms with Crippen molar-refractivity contribution >= 4 is 20.6 Å². The van der Waals surface area contributed by atoms with Gasteiger partial charge >= 0.3 is 0 Å². The minimum absolute atomic E-state index is 0.0752. The molecule has 2 aromatic heterocycles. The molecule has 2 N–H and O–H groups in total. The number of fused-ring (bicyclic) bond motifs is 1. The van der Waals surface area contributed by atoms with Gasteiger partial charge in [0.1, 0.15) is 5.75 Å². The first-order valence-corrected chi connectivity index (χ1v) is 11.6. The molecule has 0 unspecified atom stereocenters. The number of nitrogens with one attached hydrogen (secondary N) is 1. The second-order valence-electron chi connectivity index (χ2n) is 7.53. The molecule has 4 rings (SSSR count). The number of rotatable bonds is 6. The van der Waals surface area contributed by atoms with Crippen molar-refractivity contribution < 1.29 is 18.3 Å². The predicted molar refractivity (Wildman–Crippen MR) is 123 cm³/mol. The lowest BCUT2D eigenvalue weighted by atomic mass is 9.96. The molecule has 0 atom stereocenters. The summed E-state index contributed by atoms with van der Waals surface area (Å²) in [5.41, 5.74) is 3.70. The molecular weight excluding hydrogens is 430 g/mol. The van der Waals surface area contributed by atoms with Gasteiger partial charge in [-0.1, -0.05) is 6.07 Å². The molecule has 4 aromatic rings. The summed E-state index contributed by atoms with van der Waals surface area (Å²) >= 11 is 0. The van der Waals surface area contributed by atoms with E-state index in [4.69, 9.17) is 9.84 Å². The van der Waals surface area contributed by atoms with Crippen molar-refractivity contribution in [2.24, 2.45) is 7.05 Å². The van der Waals surface area contributed by atoms with Gasteiger partial charge in [0.2, 0.25) is 0 Å². The van der Waals surface area contributed by atoms with E-state index in [1.807, 2.05) is 19.1 Å². The smallest absolute Gasteiger partial charge is 0.258 e. The highest BCUT2D eigenvalue weighted by molar-refractivity contribution is 7.91. The zero-order chi connectivity index (χ0) is 23.0. The molecule has 0 saturated heterocycles. The van der Waals surface area contributed by atoms with Gasteiger partial charge in [0.15, 0.2) is 9.84 Å². The average molecular weight is 454 g/mol. The van der Waals surface area contributed by atoms with Gasteiger partial charge in [-0.2, -0.15) is 5.10 Å². The van der Waals surface area contributed by atoms with E-state index in [9.17, 15) is 13.2 Å². The first kappa shape index (κ1) is 21.8. The second-order valence-corrected chi connectivity index (χ2v) is 9.64. The van der Waals surface area contributed by atoms with Crippen LogP contribution in [0.1, 0.15) is 5.69 Å². The number of H-pyrrole nitrogens is 1. The first-order chi connectivity index (χ1) is 15.3. The third-order valence-electron chi connectivity index (χ3n) is 5.50. The lowest BCUT2D eigenvalue weighted by molar-refractivity contribution is 0.319. The van der Waals surface area contributed by atoms with Crippen LogP contribution in [0.3, 0.4) is 0 Å². The topological polar surface area (TPSA) is 114 Å². The van der Waals surface area contributed by atoms with Crippen LogP contribution < -0.4 is 10.3 Å². The maximum absolute atomic E-state index is 12.8. The SMILES string of the molecule is COc1ccc(S(=O)(=O)CCO)cc1-c1cn(C)c(=O)c2ccc(-c3cn[nH]c3C)cc12. The Kier molecular flexibility index (Phi) is 5.62. The van der Waals surface area contributed by atoms with E-state index in [0.717, 1.165) is 16.8 Å². The molecule has 2 heterocycles. The number of nitrogens with zero attached hydrogens (tertiary/aromatic N) is 2. The molecule has 0 saturated carbocycles. The summed E-state index contributed by atoms with van der Waals surface area (Å²) in [6, 6.07) is 10.1. The van der Waals surface area contributed by atoms with E-state index in [2.05, 4.69) is 10.2 Å². The molecule has 0 radical (unpaired) electrons. The van der Waals surface area contributed by atoms with Crippen molar-refractivity contribution in [1.82, 2.24) is 14.8 Å². The summed E-state index contributed by atoms with van der Waals surface area (Å²) in [5, 5.41) is 17.3. The van der Waals surface area contributed by atoms with Gasteiger partial charge in [0.05, 0.1) is 30.6 Å². The number of aromatic amines is 1. The monoisotopic (exact) mass is 453 g/mol. The molecule has 0 spiro atoms. The molecule has 0 amide bonds. The fourth-order valence-electron chi connectivity index (χ4n) is 3.82. The molecule has 0 aliphatic heterocycles. The van der Waals surface area contributed by atoms with Gasteiger partial charge in [-0.25, -0.2) is 8.42 Å². The number of aryl methyl sites for hydroxylation is 2. The third-order valence-corrected chi connectivity index (χ3v) is 7.20. The van der Waals surface area contributed by atoms with E-state index in [1.165, 1.54) is 23.8 Å². The van der Waals surface area contributed by atoms with Gasteiger partial charge in [0.25, 0.3) is 5.56 Å². The van der Waals surface area contributed by atoms with E-state index in [0.29, 0.717) is 27.6 Å². The van der Waals surface area contributed by atoms with E-state index >= 15 is 0 Å². The van der Waals surface area contributed by atoms with Crippen LogP contribution in [0.5, 0.6) is 5.75 Å². The maximum atomic E-state index is 12.8. The Bertz CT molecular complexity index is 1490. The molecule has 2 aromatic carbocycles. The number of benzene rings is 2. The van der Waals surface area contributed by atoms with E-state index in [-0.39, 0.29) is 16.2 Å². The van der Waals surface area contributed by atoms with Crippen molar-refractivity contribution in [3.05, 3.63) is 64.8 Å².